The number of aryl methyl sites for hydroxylation is 1. The highest BCUT2D eigenvalue weighted by molar-refractivity contribution is 5.95. The number of carboxylic acid groups (broad SMARTS) is 1. The van der Waals surface area contributed by atoms with E-state index in [1.807, 2.05) is 42.8 Å². The molecule has 2 N–H and O–H groups in total. The van der Waals surface area contributed by atoms with E-state index in [0.717, 1.165) is 16.9 Å². The fourth-order valence-electron chi connectivity index (χ4n) is 3.66. The largest absolute Gasteiger partial charge is 0.481 e. The molecule has 0 bridgehead atoms. The van der Waals surface area contributed by atoms with Gasteiger partial charge in [0, 0.05) is 6.04 Å². The van der Waals surface area contributed by atoms with Crippen LogP contribution in [-0.2, 0) is 11.2 Å². The summed E-state index contributed by atoms with van der Waals surface area (Å²) in [4.78, 5) is 23.8. The Morgan fingerprint density at radius 1 is 1.23 bits per heavy atom. The molecule has 1 amide bonds. The van der Waals surface area contributed by atoms with Crippen molar-refractivity contribution in [2.45, 2.75) is 52.0 Å². The van der Waals surface area contributed by atoms with Crippen molar-refractivity contribution in [1.29, 1.82) is 0 Å². The number of amides is 1. The smallest absolute Gasteiger partial charge is 0.306 e. The number of rotatable bonds is 5. The van der Waals surface area contributed by atoms with Gasteiger partial charge in [0.1, 0.15) is 0 Å². The van der Waals surface area contributed by atoms with Crippen molar-refractivity contribution in [1.82, 2.24) is 15.1 Å². The summed E-state index contributed by atoms with van der Waals surface area (Å²) in [5.74, 6) is -1.14. The van der Waals surface area contributed by atoms with Crippen molar-refractivity contribution < 1.29 is 14.7 Å². The second kappa shape index (κ2) is 7.72. The van der Waals surface area contributed by atoms with Gasteiger partial charge in [-0.2, -0.15) is 5.10 Å². The monoisotopic (exact) mass is 355 g/mol. The molecule has 138 valence electrons. The predicted molar refractivity (Wildman–Crippen MR) is 98.5 cm³/mol. The maximum Gasteiger partial charge on any atom is 0.306 e. The number of carbonyl (C=O) groups excluding carboxylic acids is 1. The fourth-order valence-corrected chi connectivity index (χ4v) is 3.66. The van der Waals surface area contributed by atoms with E-state index in [-0.39, 0.29) is 17.9 Å². The van der Waals surface area contributed by atoms with Crippen molar-refractivity contribution in [3.8, 4) is 5.69 Å². The molecule has 6 heteroatoms. The van der Waals surface area contributed by atoms with Gasteiger partial charge in [-0.25, -0.2) is 4.68 Å². The molecule has 0 radical (unpaired) electrons. The van der Waals surface area contributed by atoms with Crippen molar-refractivity contribution in [3.63, 3.8) is 0 Å². The van der Waals surface area contributed by atoms with Crippen LogP contribution < -0.4 is 5.32 Å². The standard InChI is InChI=1S/C20H25N3O3/c1-3-17-16(12-21-23(17)18-7-5-4-6-13(18)2)19(24)22-15-10-8-14(9-11-15)20(25)26/h4-7,12,14-15H,3,8-11H2,1-2H3,(H,22,24)(H,25,26). The van der Waals surface area contributed by atoms with Gasteiger partial charge in [-0.1, -0.05) is 25.1 Å². The highest BCUT2D eigenvalue weighted by Crippen LogP contribution is 2.25. The highest BCUT2D eigenvalue weighted by Gasteiger charge is 2.28. The van der Waals surface area contributed by atoms with Gasteiger partial charge >= 0.3 is 5.97 Å². The Morgan fingerprint density at radius 3 is 2.54 bits per heavy atom. The van der Waals surface area contributed by atoms with Crippen LogP contribution in [0.2, 0.25) is 0 Å². The summed E-state index contributed by atoms with van der Waals surface area (Å²) in [6.45, 7) is 4.04. The number of aromatic nitrogens is 2. The van der Waals surface area contributed by atoms with Gasteiger partial charge in [0.15, 0.2) is 0 Å². The maximum absolute atomic E-state index is 12.8. The van der Waals surface area contributed by atoms with E-state index in [4.69, 9.17) is 5.11 Å². The number of hydrogen-bond acceptors (Lipinski definition) is 3. The minimum absolute atomic E-state index is 0.0321. The Labute approximate surface area is 153 Å². The van der Waals surface area contributed by atoms with E-state index >= 15 is 0 Å². The van der Waals surface area contributed by atoms with Crippen LogP contribution in [0, 0.1) is 12.8 Å². The average Bonchev–Trinajstić information content (AvgIpc) is 3.06. The number of carbonyl (C=O) groups is 2. The van der Waals surface area contributed by atoms with Gasteiger partial charge in [-0.15, -0.1) is 0 Å². The summed E-state index contributed by atoms with van der Waals surface area (Å²) in [6.07, 6.45) is 4.96. The molecule has 26 heavy (non-hydrogen) atoms. The first-order valence-electron chi connectivity index (χ1n) is 9.17. The first-order valence-corrected chi connectivity index (χ1v) is 9.17. The van der Waals surface area contributed by atoms with Crippen LogP contribution >= 0.6 is 0 Å². The Balaban J connectivity index is 1.75. The Hall–Kier alpha value is -2.63. The number of para-hydroxylation sites is 1. The van der Waals surface area contributed by atoms with E-state index in [1.54, 1.807) is 6.20 Å². The third kappa shape index (κ3) is 3.64. The average molecular weight is 355 g/mol. The lowest BCUT2D eigenvalue weighted by Crippen LogP contribution is -2.39. The zero-order valence-corrected chi connectivity index (χ0v) is 15.2. The van der Waals surface area contributed by atoms with Gasteiger partial charge in [0.05, 0.1) is 29.1 Å². The molecule has 2 aromatic rings. The summed E-state index contributed by atoms with van der Waals surface area (Å²) in [7, 11) is 0. The Morgan fingerprint density at radius 2 is 1.92 bits per heavy atom. The van der Waals surface area contributed by atoms with Gasteiger partial charge in [-0.05, 0) is 50.7 Å². The Kier molecular flexibility index (Phi) is 5.40. The van der Waals surface area contributed by atoms with Gasteiger partial charge in [-0.3, -0.25) is 9.59 Å². The molecule has 0 aliphatic heterocycles. The molecular weight excluding hydrogens is 330 g/mol. The summed E-state index contributed by atoms with van der Waals surface area (Å²) in [6, 6.07) is 8.00. The molecule has 1 saturated carbocycles. The van der Waals surface area contributed by atoms with Crippen LogP contribution in [-0.4, -0.2) is 32.8 Å². The zero-order chi connectivity index (χ0) is 18.7. The molecule has 0 atom stereocenters. The van der Waals surface area contributed by atoms with E-state index in [2.05, 4.69) is 10.4 Å². The zero-order valence-electron chi connectivity index (χ0n) is 15.2. The number of nitrogens with one attached hydrogen (secondary N) is 1. The lowest BCUT2D eigenvalue weighted by atomic mass is 9.86. The van der Waals surface area contributed by atoms with Crippen molar-refractivity contribution in [3.05, 3.63) is 47.3 Å². The molecule has 6 nitrogen and oxygen atoms in total. The summed E-state index contributed by atoms with van der Waals surface area (Å²) in [5.41, 5.74) is 3.56. The lowest BCUT2D eigenvalue weighted by molar-refractivity contribution is -0.142. The van der Waals surface area contributed by atoms with Crippen LogP contribution in [0.1, 0.15) is 54.2 Å². The SMILES string of the molecule is CCc1c(C(=O)NC2CCC(C(=O)O)CC2)cnn1-c1ccccc1C. The first kappa shape index (κ1) is 18.2. The quantitative estimate of drug-likeness (QED) is 0.863. The van der Waals surface area contributed by atoms with Crippen LogP contribution in [0.5, 0.6) is 0 Å². The molecule has 3 rings (SSSR count). The van der Waals surface area contributed by atoms with E-state index in [1.165, 1.54) is 0 Å². The van der Waals surface area contributed by atoms with E-state index in [0.29, 0.717) is 37.7 Å². The minimum Gasteiger partial charge on any atom is -0.481 e. The molecule has 1 aliphatic carbocycles. The van der Waals surface area contributed by atoms with Crippen LogP contribution in [0.25, 0.3) is 5.69 Å². The van der Waals surface area contributed by atoms with Crippen LogP contribution in [0.15, 0.2) is 30.5 Å². The third-order valence-corrected chi connectivity index (χ3v) is 5.20. The topological polar surface area (TPSA) is 84.2 Å². The van der Waals surface area contributed by atoms with E-state index in [9.17, 15) is 9.59 Å². The molecule has 0 spiro atoms. The molecule has 0 unspecified atom stereocenters. The highest BCUT2D eigenvalue weighted by atomic mass is 16.4. The first-order chi connectivity index (χ1) is 12.5. The lowest BCUT2D eigenvalue weighted by Gasteiger charge is -2.26. The van der Waals surface area contributed by atoms with Crippen molar-refractivity contribution in [2.24, 2.45) is 5.92 Å². The summed E-state index contributed by atoms with van der Waals surface area (Å²) < 4.78 is 1.84. The van der Waals surface area contributed by atoms with Crippen LogP contribution in [0.3, 0.4) is 0 Å². The van der Waals surface area contributed by atoms with Gasteiger partial charge < -0.3 is 10.4 Å². The molecule has 1 aromatic heterocycles. The maximum atomic E-state index is 12.8. The van der Waals surface area contributed by atoms with E-state index < -0.39 is 5.97 Å². The molecule has 1 fully saturated rings. The molecule has 1 aliphatic rings. The van der Waals surface area contributed by atoms with Crippen LogP contribution in [0.4, 0.5) is 0 Å². The fraction of sp³-hybridized carbons (Fsp3) is 0.450. The molecule has 1 heterocycles. The number of nitrogens with zero attached hydrogens (tertiary/aromatic N) is 2. The van der Waals surface area contributed by atoms with Crippen molar-refractivity contribution >= 4 is 11.9 Å². The van der Waals surface area contributed by atoms with Gasteiger partial charge in [0.2, 0.25) is 0 Å². The second-order valence-electron chi connectivity index (χ2n) is 6.92. The summed E-state index contributed by atoms with van der Waals surface area (Å²) >= 11 is 0. The molecule has 0 saturated heterocycles. The summed E-state index contributed by atoms with van der Waals surface area (Å²) in [5, 5.41) is 16.6. The van der Waals surface area contributed by atoms with Gasteiger partial charge in [0.25, 0.3) is 5.91 Å². The number of benzene rings is 1. The third-order valence-electron chi connectivity index (χ3n) is 5.20. The Bertz CT molecular complexity index is 804. The van der Waals surface area contributed by atoms with Crippen molar-refractivity contribution in [2.75, 3.05) is 0 Å². The molecular formula is C20H25N3O3. The number of aliphatic carboxylic acids is 1. The molecule has 1 aromatic carbocycles. The minimum atomic E-state index is -0.734. The number of hydrogen-bond donors (Lipinski definition) is 2. The number of carboxylic acids is 1. The normalized spacial score (nSPS) is 19.9. The predicted octanol–water partition coefficient (Wildman–Crippen LogP) is 3.12. The second-order valence-corrected chi connectivity index (χ2v) is 6.92.